The van der Waals surface area contributed by atoms with Crippen molar-refractivity contribution in [2.45, 2.75) is 26.3 Å². The molecular weight excluding hydrogens is 224 g/mol. The lowest BCUT2D eigenvalue weighted by atomic mass is 9.96. The molecule has 0 saturated carbocycles. The third kappa shape index (κ3) is 3.57. The minimum atomic E-state index is 0.169. The lowest BCUT2D eigenvalue weighted by Crippen LogP contribution is -2.42. The van der Waals surface area contributed by atoms with Gasteiger partial charge in [-0.15, -0.1) is 0 Å². The highest BCUT2D eigenvalue weighted by molar-refractivity contribution is 5.78. The standard InChI is InChI=1S/C15H22N2O/c1-2-16-15(18)14-9-6-10-17(12-14)11-13-7-4-3-5-8-13/h3-5,7-8,14H,2,6,9-12H2,1H3,(H,16,18)/t14-/m1/s1. The number of carbonyl (C=O) groups is 1. The maximum atomic E-state index is 11.9. The van der Waals surface area contributed by atoms with Crippen LogP contribution in [0.15, 0.2) is 30.3 Å². The van der Waals surface area contributed by atoms with Crippen molar-refractivity contribution in [3.8, 4) is 0 Å². The van der Waals surface area contributed by atoms with Gasteiger partial charge in [0.2, 0.25) is 5.91 Å². The second-order valence-electron chi connectivity index (χ2n) is 4.95. The smallest absolute Gasteiger partial charge is 0.224 e. The average molecular weight is 246 g/mol. The zero-order chi connectivity index (χ0) is 12.8. The van der Waals surface area contributed by atoms with E-state index in [0.29, 0.717) is 0 Å². The molecule has 1 N–H and O–H groups in total. The van der Waals surface area contributed by atoms with E-state index in [1.165, 1.54) is 5.56 Å². The van der Waals surface area contributed by atoms with E-state index in [2.05, 4.69) is 34.5 Å². The van der Waals surface area contributed by atoms with Crippen molar-refractivity contribution in [3.63, 3.8) is 0 Å². The van der Waals surface area contributed by atoms with Crippen molar-refractivity contribution >= 4 is 5.91 Å². The van der Waals surface area contributed by atoms with Gasteiger partial charge in [-0.1, -0.05) is 30.3 Å². The van der Waals surface area contributed by atoms with Gasteiger partial charge in [0.15, 0.2) is 0 Å². The molecule has 18 heavy (non-hydrogen) atoms. The number of rotatable bonds is 4. The van der Waals surface area contributed by atoms with Crippen LogP contribution in [0, 0.1) is 5.92 Å². The number of nitrogens with zero attached hydrogens (tertiary/aromatic N) is 1. The first-order chi connectivity index (χ1) is 8.79. The summed E-state index contributed by atoms with van der Waals surface area (Å²) in [5, 5.41) is 2.93. The largest absolute Gasteiger partial charge is 0.356 e. The van der Waals surface area contributed by atoms with E-state index in [4.69, 9.17) is 0 Å². The predicted molar refractivity (Wildman–Crippen MR) is 73.1 cm³/mol. The Balaban J connectivity index is 1.89. The Hall–Kier alpha value is -1.35. The Morgan fingerprint density at radius 1 is 1.39 bits per heavy atom. The normalized spacial score (nSPS) is 20.6. The molecule has 0 aliphatic carbocycles. The van der Waals surface area contributed by atoms with E-state index in [0.717, 1.165) is 39.0 Å². The second-order valence-corrected chi connectivity index (χ2v) is 4.95. The van der Waals surface area contributed by atoms with Crippen LogP contribution in [0.3, 0.4) is 0 Å². The van der Waals surface area contributed by atoms with Crippen LogP contribution in [0.1, 0.15) is 25.3 Å². The summed E-state index contributed by atoms with van der Waals surface area (Å²) in [6.07, 6.45) is 2.14. The van der Waals surface area contributed by atoms with Crippen molar-refractivity contribution < 1.29 is 4.79 Å². The Labute approximate surface area is 109 Å². The Morgan fingerprint density at radius 3 is 2.89 bits per heavy atom. The molecule has 1 amide bonds. The second kappa shape index (κ2) is 6.55. The summed E-state index contributed by atoms with van der Waals surface area (Å²) in [6.45, 7) is 5.65. The first-order valence-corrected chi connectivity index (χ1v) is 6.83. The lowest BCUT2D eigenvalue weighted by Gasteiger charge is -2.31. The average Bonchev–Trinajstić information content (AvgIpc) is 2.40. The van der Waals surface area contributed by atoms with E-state index in [-0.39, 0.29) is 11.8 Å². The van der Waals surface area contributed by atoms with Crippen LogP contribution < -0.4 is 5.32 Å². The molecule has 1 aliphatic heterocycles. The van der Waals surface area contributed by atoms with Crippen LogP contribution in [0.5, 0.6) is 0 Å². The number of hydrogen-bond acceptors (Lipinski definition) is 2. The highest BCUT2D eigenvalue weighted by Gasteiger charge is 2.25. The van der Waals surface area contributed by atoms with E-state index in [1.54, 1.807) is 0 Å². The van der Waals surface area contributed by atoms with Crippen LogP contribution in [0.25, 0.3) is 0 Å². The molecule has 1 saturated heterocycles. The minimum absolute atomic E-state index is 0.169. The molecule has 0 bridgehead atoms. The van der Waals surface area contributed by atoms with E-state index < -0.39 is 0 Å². The SMILES string of the molecule is CCNC(=O)[C@@H]1CCCN(Cc2ccccc2)C1. The molecule has 1 heterocycles. The summed E-state index contributed by atoms with van der Waals surface area (Å²) in [4.78, 5) is 14.2. The number of carbonyl (C=O) groups excluding carboxylic acids is 1. The van der Waals surface area contributed by atoms with E-state index in [1.807, 2.05) is 13.0 Å². The van der Waals surface area contributed by atoms with Crippen LogP contribution in [-0.4, -0.2) is 30.4 Å². The Morgan fingerprint density at radius 2 is 2.17 bits per heavy atom. The van der Waals surface area contributed by atoms with Crippen molar-refractivity contribution in [3.05, 3.63) is 35.9 Å². The zero-order valence-corrected chi connectivity index (χ0v) is 11.1. The highest BCUT2D eigenvalue weighted by Crippen LogP contribution is 2.18. The Bertz CT molecular complexity index is 377. The fourth-order valence-electron chi connectivity index (χ4n) is 2.57. The monoisotopic (exact) mass is 246 g/mol. The summed E-state index contributed by atoms with van der Waals surface area (Å²) < 4.78 is 0. The van der Waals surface area contributed by atoms with Gasteiger partial charge in [-0.3, -0.25) is 9.69 Å². The Kier molecular flexibility index (Phi) is 4.76. The van der Waals surface area contributed by atoms with Crippen molar-refractivity contribution in [2.24, 2.45) is 5.92 Å². The number of hydrogen-bond donors (Lipinski definition) is 1. The summed E-state index contributed by atoms with van der Waals surface area (Å²) in [7, 11) is 0. The topological polar surface area (TPSA) is 32.3 Å². The summed E-state index contributed by atoms with van der Waals surface area (Å²) in [5.74, 6) is 0.387. The first kappa shape index (κ1) is 13.1. The molecule has 0 radical (unpaired) electrons. The molecule has 1 aromatic rings. The van der Waals surface area contributed by atoms with Gasteiger partial charge >= 0.3 is 0 Å². The lowest BCUT2D eigenvalue weighted by molar-refractivity contribution is -0.126. The van der Waals surface area contributed by atoms with Gasteiger partial charge in [-0.25, -0.2) is 0 Å². The molecule has 1 atom stereocenters. The number of likely N-dealkylation sites (tertiary alicyclic amines) is 1. The van der Waals surface area contributed by atoms with Crippen LogP contribution in [-0.2, 0) is 11.3 Å². The molecule has 2 rings (SSSR count). The molecule has 1 aliphatic rings. The molecule has 0 unspecified atom stereocenters. The molecule has 1 fully saturated rings. The highest BCUT2D eigenvalue weighted by atomic mass is 16.1. The van der Waals surface area contributed by atoms with Crippen LogP contribution in [0.2, 0.25) is 0 Å². The van der Waals surface area contributed by atoms with Gasteiger partial charge < -0.3 is 5.32 Å². The fourth-order valence-corrected chi connectivity index (χ4v) is 2.57. The quantitative estimate of drug-likeness (QED) is 0.881. The van der Waals surface area contributed by atoms with E-state index >= 15 is 0 Å². The molecule has 3 heteroatoms. The maximum Gasteiger partial charge on any atom is 0.224 e. The molecule has 1 aromatic carbocycles. The van der Waals surface area contributed by atoms with Gasteiger partial charge in [0.05, 0.1) is 5.92 Å². The van der Waals surface area contributed by atoms with Crippen LogP contribution >= 0.6 is 0 Å². The van der Waals surface area contributed by atoms with E-state index in [9.17, 15) is 4.79 Å². The number of piperidine rings is 1. The molecule has 0 aromatic heterocycles. The molecule has 98 valence electrons. The van der Waals surface area contributed by atoms with Crippen molar-refractivity contribution in [1.29, 1.82) is 0 Å². The third-order valence-corrected chi connectivity index (χ3v) is 3.48. The number of benzene rings is 1. The minimum Gasteiger partial charge on any atom is -0.356 e. The summed E-state index contributed by atoms with van der Waals surface area (Å²) in [5.41, 5.74) is 1.33. The molecular formula is C15H22N2O. The van der Waals surface area contributed by atoms with Gasteiger partial charge in [0.1, 0.15) is 0 Å². The van der Waals surface area contributed by atoms with Gasteiger partial charge in [0, 0.05) is 19.6 Å². The molecule has 3 nitrogen and oxygen atoms in total. The predicted octanol–water partition coefficient (Wildman–Crippen LogP) is 2.03. The van der Waals surface area contributed by atoms with Gasteiger partial charge in [-0.05, 0) is 31.9 Å². The summed E-state index contributed by atoms with van der Waals surface area (Å²) in [6, 6.07) is 10.5. The fraction of sp³-hybridized carbons (Fsp3) is 0.533. The number of amides is 1. The van der Waals surface area contributed by atoms with Crippen LogP contribution in [0.4, 0.5) is 0 Å². The van der Waals surface area contributed by atoms with Crippen molar-refractivity contribution in [1.82, 2.24) is 10.2 Å². The summed E-state index contributed by atoms with van der Waals surface area (Å²) >= 11 is 0. The molecule has 0 spiro atoms. The first-order valence-electron chi connectivity index (χ1n) is 6.83. The van der Waals surface area contributed by atoms with Gasteiger partial charge in [0.25, 0.3) is 0 Å². The van der Waals surface area contributed by atoms with Gasteiger partial charge in [-0.2, -0.15) is 0 Å². The third-order valence-electron chi connectivity index (χ3n) is 3.48. The van der Waals surface area contributed by atoms with Crippen molar-refractivity contribution in [2.75, 3.05) is 19.6 Å². The number of nitrogens with one attached hydrogen (secondary N) is 1. The zero-order valence-electron chi connectivity index (χ0n) is 11.1. The maximum absolute atomic E-state index is 11.9.